The third-order valence-corrected chi connectivity index (χ3v) is 7.99. The van der Waals surface area contributed by atoms with Crippen molar-refractivity contribution in [1.29, 1.82) is 0 Å². The van der Waals surface area contributed by atoms with Crippen LogP contribution in [0.4, 0.5) is 5.82 Å². The molecule has 3 aromatic heterocycles. The zero-order chi connectivity index (χ0) is 24.4. The van der Waals surface area contributed by atoms with Crippen molar-refractivity contribution in [1.82, 2.24) is 29.1 Å². The van der Waals surface area contributed by atoms with Gasteiger partial charge in [-0.1, -0.05) is 26.0 Å². The Morgan fingerprint density at radius 3 is 2.57 bits per heavy atom. The number of hydrogen-bond donors (Lipinski definition) is 0. The van der Waals surface area contributed by atoms with Crippen molar-refractivity contribution in [3.05, 3.63) is 59.2 Å². The molecule has 2 aliphatic rings. The fourth-order valence-electron chi connectivity index (χ4n) is 5.77. The number of hydrogen-bond acceptors (Lipinski definition) is 6. The Labute approximate surface area is 210 Å². The Hall–Kier alpha value is -2.48. The summed E-state index contributed by atoms with van der Waals surface area (Å²) in [5.74, 6) is 1.28. The normalized spacial score (nSPS) is 19.1. The quantitative estimate of drug-likeness (QED) is 0.493. The maximum absolute atomic E-state index is 5.23. The van der Waals surface area contributed by atoms with Gasteiger partial charge in [-0.2, -0.15) is 0 Å². The molecule has 1 aliphatic heterocycles. The van der Waals surface area contributed by atoms with Gasteiger partial charge in [-0.3, -0.25) is 19.2 Å². The lowest BCUT2D eigenvalue weighted by molar-refractivity contribution is 0.204. The van der Waals surface area contributed by atoms with E-state index in [0.717, 1.165) is 70.8 Å². The van der Waals surface area contributed by atoms with Crippen molar-refractivity contribution in [2.75, 3.05) is 58.3 Å². The van der Waals surface area contributed by atoms with E-state index >= 15 is 0 Å². The van der Waals surface area contributed by atoms with Crippen LogP contribution in [-0.2, 0) is 19.5 Å². The second kappa shape index (κ2) is 10.6. The Kier molecular flexibility index (Phi) is 7.37. The molecule has 5 rings (SSSR count). The van der Waals surface area contributed by atoms with E-state index in [1.165, 1.54) is 34.9 Å². The van der Waals surface area contributed by atoms with Gasteiger partial charge in [0.25, 0.3) is 0 Å². The number of anilines is 1. The van der Waals surface area contributed by atoms with Gasteiger partial charge in [-0.25, -0.2) is 4.98 Å². The molecule has 1 fully saturated rings. The highest BCUT2D eigenvalue weighted by Gasteiger charge is 2.27. The van der Waals surface area contributed by atoms with Gasteiger partial charge in [0.15, 0.2) is 0 Å². The molecule has 1 aliphatic carbocycles. The van der Waals surface area contributed by atoms with Crippen molar-refractivity contribution >= 4 is 11.5 Å². The van der Waals surface area contributed by atoms with Crippen molar-refractivity contribution in [2.24, 2.45) is 0 Å². The van der Waals surface area contributed by atoms with Gasteiger partial charge in [0.2, 0.25) is 0 Å². The molecule has 0 amide bonds. The predicted molar refractivity (Wildman–Crippen MR) is 143 cm³/mol. The Bertz CT molecular complexity index is 1130. The largest absolute Gasteiger partial charge is 0.355 e. The first-order valence-corrected chi connectivity index (χ1v) is 13.4. The average Bonchev–Trinajstić information content (AvgIpc) is 3.24. The van der Waals surface area contributed by atoms with Crippen LogP contribution in [0.2, 0.25) is 0 Å². The minimum Gasteiger partial charge on any atom is -0.355 e. The minimum atomic E-state index is 0.350. The first-order chi connectivity index (χ1) is 17.1. The van der Waals surface area contributed by atoms with Gasteiger partial charge in [0, 0.05) is 45.5 Å². The van der Waals surface area contributed by atoms with Crippen molar-refractivity contribution < 1.29 is 0 Å². The van der Waals surface area contributed by atoms with E-state index in [1.807, 2.05) is 6.20 Å². The summed E-state index contributed by atoms with van der Waals surface area (Å²) >= 11 is 0. The molecule has 0 bridgehead atoms. The van der Waals surface area contributed by atoms with Gasteiger partial charge in [0.1, 0.15) is 11.5 Å². The van der Waals surface area contributed by atoms with Gasteiger partial charge < -0.3 is 9.80 Å². The van der Waals surface area contributed by atoms with Crippen molar-refractivity contribution in [3.8, 4) is 0 Å². The number of fused-ring (bicyclic) bond motifs is 2. The smallest absolute Gasteiger partial charge is 0.138 e. The van der Waals surface area contributed by atoms with Gasteiger partial charge in [-0.15, -0.1) is 0 Å². The summed E-state index contributed by atoms with van der Waals surface area (Å²) in [6.07, 6.45) is 5.47. The van der Waals surface area contributed by atoms with Crippen LogP contribution >= 0.6 is 0 Å². The number of aryl methyl sites for hydroxylation is 1. The highest BCUT2D eigenvalue weighted by molar-refractivity contribution is 5.55. The topological polar surface area (TPSA) is 43.2 Å². The molecule has 3 aromatic rings. The number of pyridine rings is 2. The Balaban J connectivity index is 1.52. The zero-order valence-electron chi connectivity index (χ0n) is 22.0. The van der Waals surface area contributed by atoms with Crippen molar-refractivity contribution in [2.45, 2.75) is 52.2 Å². The third-order valence-electron chi connectivity index (χ3n) is 7.99. The van der Waals surface area contributed by atoms with Gasteiger partial charge in [-0.05, 0) is 70.2 Å². The van der Waals surface area contributed by atoms with Crippen LogP contribution in [-0.4, -0.2) is 82.4 Å². The lowest BCUT2D eigenvalue weighted by atomic mass is 9.91. The molecule has 7 nitrogen and oxygen atoms in total. The summed E-state index contributed by atoms with van der Waals surface area (Å²) in [4.78, 5) is 20.0. The summed E-state index contributed by atoms with van der Waals surface area (Å²) in [6, 6.07) is 11.3. The number of nitrogens with zero attached hydrogens (tertiary/aromatic N) is 7. The van der Waals surface area contributed by atoms with Crippen LogP contribution in [0.25, 0.3) is 5.65 Å². The van der Waals surface area contributed by atoms with Crippen LogP contribution in [0, 0.1) is 0 Å². The second-order valence-electron chi connectivity index (χ2n) is 10.2. The lowest BCUT2D eigenvalue weighted by Gasteiger charge is -2.35. The molecule has 0 radical (unpaired) electrons. The van der Waals surface area contributed by atoms with Crippen LogP contribution in [0.1, 0.15) is 55.4 Å². The molecule has 1 unspecified atom stereocenters. The SMILES string of the molecule is CCN(CC)Cc1c(CN(C)C2CCCc3cccnc32)nc2cccc(N3CCN(C)CC3)n12. The fraction of sp³-hybridized carbons (Fsp3) is 0.571. The first kappa shape index (κ1) is 24.2. The van der Waals surface area contributed by atoms with E-state index in [2.05, 4.69) is 82.3 Å². The molecule has 0 spiro atoms. The molecule has 0 saturated carbocycles. The van der Waals surface area contributed by atoms with E-state index < -0.39 is 0 Å². The highest BCUT2D eigenvalue weighted by Crippen LogP contribution is 2.33. The molecule has 35 heavy (non-hydrogen) atoms. The first-order valence-electron chi connectivity index (χ1n) is 13.4. The van der Waals surface area contributed by atoms with E-state index in [0.29, 0.717) is 6.04 Å². The summed E-state index contributed by atoms with van der Waals surface area (Å²) in [5.41, 5.74) is 6.26. The molecule has 188 valence electrons. The molecule has 0 N–H and O–H groups in total. The Morgan fingerprint density at radius 2 is 1.80 bits per heavy atom. The van der Waals surface area contributed by atoms with Gasteiger partial charge in [0.05, 0.1) is 23.1 Å². The number of aromatic nitrogens is 3. The molecule has 1 saturated heterocycles. The second-order valence-corrected chi connectivity index (χ2v) is 10.2. The van der Waals surface area contributed by atoms with E-state index in [1.54, 1.807) is 0 Å². The lowest BCUT2D eigenvalue weighted by Crippen LogP contribution is -2.45. The highest BCUT2D eigenvalue weighted by atomic mass is 15.3. The maximum Gasteiger partial charge on any atom is 0.138 e. The summed E-state index contributed by atoms with van der Waals surface area (Å²) in [7, 11) is 4.47. The van der Waals surface area contributed by atoms with Crippen LogP contribution in [0.3, 0.4) is 0 Å². The van der Waals surface area contributed by atoms with E-state index in [4.69, 9.17) is 9.97 Å². The standard InChI is InChI=1S/C28H41N7/c1-5-33(6-2)21-25-23(20-32(4)24-12-7-10-22-11-9-15-29-28(22)24)30-26-13-8-14-27(35(25)26)34-18-16-31(3)17-19-34/h8-9,11,13-15,24H,5-7,10,12,16-21H2,1-4H3. The molecule has 4 heterocycles. The van der Waals surface area contributed by atoms with Crippen LogP contribution in [0.5, 0.6) is 0 Å². The molecule has 1 atom stereocenters. The minimum absolute atomic E-state index is 0.350. The zero-order valence-corrected chi connectivity index (χ0v) is 22.0. The molecule has 0 aromatic carbocycles. The summed E-state index contributed by atoms with van der Waals surface area (Å²) in [5, 5.41) is 0. The molecule has 7 heteroatoms. The van der Waals surface area contributed by atoms with Crippen LogP contribution in [0.15, 0.2) is 36.5 Å². The average molecular weight is 476 g/mol. The van der Waals surface area contributed by atoms with Crippen LogP contribution < -0.4 is 4.90 Å². The predicted octanol–water partition coefficient (Wildman–Crippen LogP) is 3.83. The number of piperazine rings is 1. The number of likely N-dealkylation sites (N-methyl/N-ethyl adjacent to an activating group) is 1. The van der Waals surface area contributed by atoms with E-state index in [-0.39, 0.29) is 0 Å². The summed E-state index contributed by atoms with van der Waals surface area (Å²) < 4.78 is 2.44. The molecular weight excluding hydrogens is 434 g/mol. The fourth-order valence-corrected chi connectivity index (χ4v) is 5.77. The monoisotopic (exact) mass is 475 g/mol. The van der Waals surface area contributed by atoms with Gasteiger partial charge >= 0.3 is 0 Å². The van der Waals surface area contributed by atoms with Crippen molar-refractivity contribution in [3.63, 3.8) is 0 Å². The van der Waals surface area contributed by atoms with E-state index in [9.17, 15) is 0 Å². The molecular formula is C28H41N7. The maximum atomic E-state index is 5.23. The third kappa shape index (κ3) is 4.95. The summed E-state index contributed by atoms with van der Waals surface area (Å²) in [6.45, 7) is 12.6. The number of imidazole rings is 1. The number of rotatable bonds is 8. The Morgan fingerprint density at radius 1 is 1.00 bits per heavy atom.